The average Bonchev–Trinajstić information content (AvgIpc) is 2.57. The number of ether oxygens (including phenoxy) is 1. The molecule has 1 atom stereocenters. The highest BCUT2D eigenvalue weighted by atomic mass is 32.2. The van der Waals surface area contributed by atoms with Crippen LogP contribution in [0.5, 0.6) is 11.5 Å². The minimum absolute atomic E-state index is 0.0142. The maximum Gasteiger partial charge on any atom is 0.253 e. The van der Waals surface area contributed by atoms with E-state index in [0.717, 1.165) is 4.90 Å². The van der Waals surface area contributed by atoms with Gasteiger partial charge in [0.05, 0.1) is 18.6 Å². The monoisotopic (exact) mass is 330 g/mol. The zero-order chi connectivity index (χ0) is 16.7. The fraction of sp³-hybridized carbons (Fsp3) is 0.176. The highest BCUT2D eigenvalue weighted by Crippen LogP contribution is 2.28. The Hall–Kier alpha value is -2.47. The van der Waals surface area contributed by atoms with Crippen LogP contribution in [0.4, 0.5) is 0 Å². The number of carbonyl (C=O) groups excluding carboxylic acids is 1. The summed E-state index contributed by atoms with van der Waals surface area (Å²) >= 11 is 1.45. The molecular weight excluding hydrogens is 312 g/mol. The number of amides is 1. The van der Waals surface area contributed by atoms with E-state index in [1.54, 1.807) is 18.2 Å². The van der Waals surface area contributed by atoms with Crippen LogP contribution in [0.15, 0.2) is 58.5 Å². The Bertz CT molecular complexity index is 689. The molecule has 0 heterocycles. The van der Waals surface area contributed by atoms with Crippen molar-refractivity contribution >= 4 is 23.9 Å². The minimum Gasteiger partial charge on any atom is -0.504 e. The highest BCUT2D eigenvalue weighted by Gasteiger charge is 2.13. The van der Waals surface area contributed by atoms with Gasteiger partial charge in [0.1, 0.15) is 0 Å². The Balaban J connectivity index is 1.93. The molecule has 0 unspecified atom stereocenters. The van der Waals surface area contributed by atoms with Crippen molar-refractivity contribution in [2.75, 3.05) is 7.11 Å². The Morgan fingerprint density at radius 2 is 2.00 bits per heavy atom. The molecule has 0 aliphatic carbocycles. The van der Waals surface area contributed by atoms with Crippen LogP contribution in [-0.4, -0.2) is 29.6 Å². The van der Waals surface area contributed by atoms with Gasteiger partial charge in [0.25, 0.3) is 5.91 Å². The Morgan fingerprint density at radius 3 is 2.70 bits per heavy atom. The molecule has 120 valence electrons. The molecule has 1 amide bonds. The second-order valence-electron chi connectivity index (χ2n) is 4.71. The molecule has 0 spiro atoms. The van der Waals surface area contributed by atoms with Crippen LogP contribution in [0.2, 0.25) is 0 Å². The number of nitrogens with one attached hydrogen (secondary N) is 1. The number of aromatic hydroxyl groups is 1. The van der Waals surface area contributed by atoms with Gasteiger partial charge >= 0.3 is 0 Å². The van der Waals surface area contributed by atoms with Crippen molar-refractivity contribution in [1.29, 1.82) is 0 Å². The largest absolute Gasteiger partial charge is 0.504 e. The van der Waals surface area contributed by atoms with E-state index >= 15 is 0 Å². The van der Waals surface area contributed by atoms with E-state index < -0.39 is 0 Å². The summed E-state index contributed by atoms with van der Waals surface area (Å²) < 4.78 is 5.02. The van der Waals surface area contributed by atoms with Gasteiger partial charge in [0.2, 0.25) is 0 Å². The number of thioether (sulfide) groups is 1. The predicted octanol–water partition coefficient (Wildman–Crippen LogP) is 3.03. The van der Waals surface area contributed by atoms with Crippen molar-refractivity contribution < 1.29 is 14.6 Å². The summed E-state index contributed by atoms with van der Waals surface area (Å²) in [4.78, 5) is 13.0. The van der Waals surface area contributed by atoms with E-state index in [-0.39, 0.29) is 16.9 Å². The number of benzene rings is 2. The smallest absolute Gasteiger partial charge is 0.253 e. The molecule has 23 heavy (non-hydrogen) atoms. The summed E-state index contributed by atoms with van der Waals surface area (Å²) in [5, 5.41) is 13.5. The number of carbonyl (C=O) groups is 1. The zero-order valence-corrected chi connectivity index (χ0v) is 13.7. The van der Waals surface area contributed by atoms with E-state index in [4.69, 9.17) is 4.74 Å². The lowest BCUT2D eigenvalue weighted by Crippen LogP contribution is -2.26. The molecule has 0 fully saturated rings. The molecule has 0 radical (unpaired) electrons. The molecule has 2 aromatic carbocycles. The second kappa shape index (κ2) is 8.24. The predicted molar refractivity (Wildman–Crippen MR) is 92.2 cm³/mol. The van der Waals surface area contributed by atoms with E-state index in [1.165, 1.54) is 25.1 Å². The van der Waals surface area contributed by atoms with Crippen molar-refractivity contribution in [2.24, 2.45) is 5.10 Å². The summed E-state index contributed by atoms with van der Waals surface area (Å²) in [6.45, 7) is 1.81. The lowest BCUT2D eigenvalue weighted by molar-refractivity contribution is -0.120. The number of phenols is 1. The summed E-state index contributed by atoms with van der Waals surface area (Å²) in [7, 11) is 1.47. The topological polar surface area (TPSA) is 70.9 Å². The van der Waals surface area contributed by atoms with Crippen LogP contribution >= 0.6 is 11.8 Å². The molecular formula is C17H18N2O3S. The summed E-state index contributed by atoms with van der Waals surface area (Å²) in [6.07, 6.45) is 1.38. The number of phenolic OH excluding ortho intramolecular Hbond substituents is 1. The van der Waals surface area contributed by atoms with Gasteiger partial charge in [-0.3, -0.25) is 4.79 Å². The highest BCUT2D eigenvalue weighted by molar-refractivity contribution is 8.00. The molecule has 0 aromatic heterocycles. The number of methoxy groups -OCH3 is 1. The van der Waals surface area contributed by atoms with Gasteiger partial charge in [-0.1, -0.05) is 24.3 Å². The fourth-order valence-corrected chi connectivity index (χ4v) is 2.70. The normalized spacial score (nSPS) is 12.1. The van der Waals surface area contributed by atoms with Gasteiger partial charge in [-0.25, -0.2) is 5.43 Å². The molecule has 2 rings (SSSR count). The number of nitrogens with zero attached hydrogens (tertiary/aromatic N) is 1. The Morgan fingerprint density at radius 1 is 1.26 bits per heavy atom. The van der Waals surface area contributed by atoms with Gasteiger partial charge in [0, 0.05) is 10.5 Å². The molecule has 0 aliphatic rings. The van der Waals surface area contributed by atoms with E-state index in [0.29, 0.717) is 11.3 Å². The van der Waals surface area contributed by atoms with Crippen molar-refractivity contribution in [3.63, 3.8) is 0 Å². The minimum atomic E-state index is -0.284. The lowest BCUT2D eigenvalue weighted by Gasteiger charge is -2.09. The van der Waals surface area contributed by atoms with Crippen LogP contribution in [0.25, 0.3) is 0 Å². The van der Waals surface area contributed by atoms with Gasteiger partial charge in [0.15, 0.2) is 11.5 Å². The lowest BCUT2D eigenvalue weighted by atomic mass is 10.2. The summed E-state index contributed by atoms with van der Waals surface area (Å²) in [6, 6.07) is 14.7. The number of rotatable bonds is 6. The zero-order valence-electron chi connectivity index (χ0n) is 12.9. The van der Waals surface area contributed by atoms with Crippen LogP contribution < -0.4 is 10.2 Å². The molecule has 0 saturated carbocycles. The van der Waals surface area contributed by atoms with Crippen LogP contribution in [0.3, 0.4) is 0 Å². The number of para-hydroxylation sites is 1. The van der Waals surface area contributed by atoms with Gasteiger partial charge in [-0.2, -0.15) is 5.10 Å². The third kappa shape index (κ3) is 4.75. The number of hydrazone groups is 1. The average molecular weight is 330 g/mol. The first-order valence-corrected chi connectivity index (χ1v) is 7.90. The quantitative estimate of drug-likeness (QED) is 0.485. The number of hydrogen-bond donors (Lipinski definition) is 2. The summed E-state index contributed by atoms with van der Waals surface area (Å²) in [5.74, 6) is 0.130. The van der Waals surface area contributed by atoms with Gasteiger partial charge < -0.3 is 9.84 Å². The van der Waals surface area contributed by atoms with E-state index in [1.807, 2.05) is 37.3 Å². The molecule has 2 aromatic rings. The maximum atomic E-state index is 12.0. The first-order valence-electron chi connectivity index (χ1n) is 7.02. The van der Waals surface area contributed by atoms with Gasteiger partial charge in [-0.15, -0.1) is 11.8 Å². The van der Waals surface area contributed by atoms with Crippen LogP contribution in [0.1, 0.15) is 12.5 Å². The molecule has 5 nitrogen and oxygen atoms in total. The Kier molecular flexibility index (Phi) is 6.05. The van der Waals surface area contributed by atoms with Crippen molar-refractivity contribution in [3.8, 4) is 11.5 Å². The van der Waals surface area contributed by atoms with Crippen molar-refractivity contribution in [2.45, 2.75) is 17.1 Å². The molecule has 2 N–H and O–H groups in total. The SMILES string of the molecule is COc1cccc(/C=N\NC(=O)[C@@H](C)Sc2ccccc2)c1O. The number of hydrogen-bond acceptors (Lipinski definition) is 5. The maximum absolute atomic E-state index is 12.0. The van der Waals surface area contributed by atoms with E-state index in [2.05, 4.69) is 10.5 Å². The van der Waals surface area contributed by atoms with E-state index in [9.17, 15) is 9.90 Å². The molecule has 0 aliphatic heterocycles. The van der Waals surface area contributed by atoms with Crippen LogP contribution in [0, 0.1) is 0 Å². The van der Waals surface area contributed by atoms with Crippen LogP contribution in [-0.2, 0) is 4.79 Å². The van der Waals surface area contributed by atoms with Crippen molar-refractivity contribution in [3.05, 3.63) is 54.1 Å². The molecule has 0 bridgehead atoms. The fourth-order valence-electron chi connectivity index (χ4n) is 1.82. The summed E-state index contributed by atoms with van der Waals surface area (Å²) in [5.41, 5.74) is 2.94. The standard InChI is InChI=1S/C17H18N2O3S/c1-12(23-14-8-4-3-5-9-14)17(21)19-18-11-13-7-6-10-15(22-2)16(13)20/h3-12,20H,1-2H3,(H,19,21)/b18-11-/t12-/m1/s1. The molecule has 0 saturated heterocycles. The molecule has 6 heteroatoms. The third-order valence-electron chi connectivity index (χ3n) is 3.05. The first kappa shape index (κ1) is 16.9. The first-order chi connectivity index (χ1) is 11.1. The second-order valence-corrected chi connectivity index (χ2v) is 6.12. The van der Waals surface area contributed by atoms with Crippen molar-refractivity contribution in [1.82, 2.24) is 5.43 Å². The van der Waals surface area contributed by atoms with Gasteiger partial charge in [-0.05, 0) is 31.2 Å². The third-order valence-corrected chi connectivity index (χ3v) is 4.17. The Labute approximate surface area is 139 Å².